The number of hydrogen-bond donors (Lipinski definition) is 2. The Bertz CT molecular complexity index is 852. The van der Waals surface area contributed by atoms with Crippen LogP contribution in [0.3, 0.4) is 0 Å². The van der Waals surface area contributed by atoms with E-state index in [0.29, 0.717) is 30.7 Å². The summed E-state index contributed by atoms with van der Waals surface area (Å²) >= 11 is 16.8. The van der Waals surface area contributed by atoms with Crippen molar-refractivity contribution in [3.8, 4) is 0 Å². The van der Waals surface area contributed by atoms with E-state index in [-0.39, 0.29) is 22.7 Å². The highest BCUT2D eigenvalue weighted by Gasteiger charge is 2.53. The molecule has 144 valence electrons. The van der Waals surface area contributed by atoms with Crippen LogP contribution in [-0.4, -0.2) is 55.1 Å². The fourth-order valence-corrected chi connectivity index (χ4v) is 6.38. The number of carbonyl (C=O) groups excluding carboxylic acids is 2. The molecule has 1 aromatic carbocycles. The lowest BCUT2D eigenvalue weighted by Gasteiger charge is -2.49. The zero-order chi connectivity index (χ0) is 19.7. The molecular formula is C16H13Cl2IN2O4S2. The van der Waals surface area contributed by atoms with Crippen molar-refractivity contribution in [3.05, 3.63) is 39.5 Å². The first-order valence-electron chi connectivity index (χ1n) is 7.66. The highest BCUT2D eigenvalue weighted by molar-refractivity contribution is 14.1. The maximum atomic E-state index is 12.4. The molecule has 0 bridgehead atoms. The van der Waals surface area contributed by atoms with Gasteiger partial charge in [-0.25, -0.2) is 4.79 Å². The third-order valence-corrected chi connectivity index (χ3v) is 7.97. The molecule has 11 heteroatoms. The van der Waals surface area contributed by atoms with Crippen molar-refractivity contribution in [1.82, 2.24) is 10.2 Å². The van der Waals surface area contributed by atoms with Gasteiger partial charge in [0.2, 0.25) is 5.91 Å². The number of β-lactam (4-membered cyclic amide) rings is 1. The summed E-state index contributed by atoms with van der Waals surface area (Å²) in [5.74, 6) is -1.24. The first-order valence-corrected chi connectivity index (χ1v) is 12.0. The number of carboxylic acid groups (broad SMARTS) is 1. The summed E-state index contributed by atoms with van der Waals surface area (Å²) < 4.78 is 0.539. The lowest BCUT2D eigenvalue weighted by atomic mass is 10.0. The van der Waals surface area contributed by atoms with Gasteiger partial charge in [0.15, 0.2) is 0 Å². The van der Waals surface area contributed by atoms with E-state index in [1.54, 1.807) is 18.2 Å². The highest BCUT2D eigenvalue weighted by Crippen LogP contribution is 2.40. The molecule has 1 fully saturated rings. The SMILES string of the molecule is O=C(CSc1cc(Cl)ccc1Cl)N[C@H]1C(=O)N2C(C(=O)O)=C(CI)CS[C@@H]12. The molecule has 0 aliphatic carbocycles. The van der Waals surface area contributed by atoms with Crippen LogP contribution >= 0.6 is 69.3 Å². The summed E-state index contributed by atoms with van der Waals surface area (Å²) in [6.45, 7) is 0. The van der Waals surface area contributed by atoms with E-state index in [1.165, 1.54) is 28.4 Å². The average Bonchev–Trinajstić information content (AvgIpc) is 2.65. The second-order valence-corrected chi connectivity index (χ2v) is 9.44. The van der Waals surface area contributed by atoms with E-state index in [4.69, 9.17) is 23.2 Å². The van der Waals surface area contributed by atoms with Crippen molar-refractivity contribution in [1.29, 1.82) is 0 Å². The molecule has 27 heavy (non-hydrogen) atoms. The minimum atomic E-state index is -1.11. The van der Waals surface area contributed by atoms with Crippen molar-refractivity contribution in [2.75, 3.05) is 15.9 Å². The first-order chi connectivity index (χ1) is 12.8. The minimum absolute atomic E-state index is 0.0451. The van der Waals surface area contributed by atoms with Crippen molar-refractivity contribution in [2.24, 2.45) is 0 Å². The third-order valence-electron chi connectivity index (χ3n) is 3.98. The number of amides is 2. The van der Waals surface area contributed by atoms with Crippen LogP contribution < -0.4 is 5.32 Å². The predicted octanol–water partition coefficient (Wildman–Crippen LogP) is 3.26. The fourth-order valence-electron chi connectivity index (χ4n) is 2.73. The Hall–Kier alpha value is -0.620. The molecule has 1 saturated heterocycles. The molecule has 2 amide bonds. The van der Waals surface area contributed by atoms with Gasteiger partial charge in [-0.15, -0.1) is 23.5 Å². The van der Waals surface area contributed by atoms with Gasteiger partial charge in [0.05, 0.1) is 10.8 Å². The molecule has 6 nitrogen and oxygen atoms in total. The normalized spacial score (nSPS) is 21.6. The molecule has 0 radical (unpaired) electrons. The molecule has 0 saturated carbocycles. The van der Waals surface area contributed by atoms with E-state index >= 15 is 0 Å². The number of aliphatic carboxylic acids is 1. The molecule has 2 atom stereocenters. The Balaban J connectivity index is 1.62. The standard InChI is InChI=1S/C16H13Cl2IN2O4S2/c17-8-1-2-9(18)10(3-8)26-6-11(22)20-12-14(23)21-13(16(24)25)7(4-19)5-27-15(12)21/h1-3,12,15H,4-6H2,(H,20,22)(H,24,25)/t12-,15-/m0/s1. The van der Waals surface area contributed by atoms with Gasteiger partial charge >= 0.3 is 5.97 Å². The zero-order valence-corrected chi connectivity index (χ0v) is 18.9. The van der Waals surface area contributed by atoms with E-state index in [0.717, 1.165) is 0 Å². The maximum Gasteiger partial charge on any atom is 0.352 e. The second-order valence-electron chi connectivity index (χ2n) is 5.71. The highest BCUT2D eigenvalue weighted by atomic mass is 127. The molecule has 0 unspecified atom stereocenters. The Morgan fingerprint density at radius 2 is 2.15 bits per heavy atom. The van der Waals surface area contributed by atoms with Crippen LogP contribution in [0.4, 0.5) is 0 Å². The van der Waals surface area contributed by atoms with Crippen LogP contribution in [0.2, 0.25) is 10.0 Å². The number of alkyl halides is 1. The number of halogens is 3. The number of carboxylic acids is 1. The Kier molecular flexibility index (Phi) is 6.88. The largest absolute Gasteiger partial charge is 0.477 e. The summed E-state index contributed by atoms with van der Waals surface area (Å²) in [7, 11) is 0. The molecule has 0 spiro atoms. The number of nitrogens with one attached hydrogen (secondary N) is 1. The van der Waals surface area contributed by atoms with Gasteiger partial charge in [0, 0.05) is 20.1 Å². The number of carbonyl (C=O) groups is 3. The second kappa shape index (κ2) is 8.81. The number of benzene rings is 1. The number of hydrogen-bond acceptors (Lipinski definition) is 5. The van der Waals surface area contributed by atoms with Gasteiger partial charge in [-0.2, -0.15) is 0 Å². The van der Waals surface area contributed by atoms with E-state index in [1.807, 2.05) is 0 Å². The topological polar surface area (TPSA) is 86.7 Å². The monoisotopic (exact) mass is 558 g/mol. The summed E-state index contributed by atoms with van der Waals surface area (Å²) in [5, 5.41) is 12.7. The molecule has 2 aliphatic rings. The molecular weight excluding hydrogens is 546 g/mol. The van der Waals surface area contributed by atoms with Crippen LogP contribution in [0.5, 0.6) is 0 Å². The van der Waals surface area contributed by atoms with Crippen LogP contribution in [0.15, 0.2) is 34.4 Å². The van der Waals surface area contributed by atoms with Crippen molar-refractivity contribution in [3.63, 3.8) is 0 Å². The van der Waals surface area contributed by atoms with Gasteiger partial charge in [-0.1, -0.05) is 45.8 Å². The Morgan fingerprint density at radius 1 is 1.41 bits per heavy atom. The molecule has 0 aromatic heterocycles. The van der Waals surface area contributed by atoms with E-state index in [9.17, 15) is 19.5 Å². The molecule has 2 aliphatic heterocycles. The van der Waals surface area contributed by atoms with Gasteiger partial charge < -0.3 is 10.4 Å². The van der Waals surface area contributed by atoms with Gasteiger partial charge in [0.25, 0.3) is 5.91 Å². The minimum Gasteiger partial charge on any atom is -0.477 e. The van der Waals surface area contributed by atoms with Gasteiger partial charge in [0.1, 0.15) is 17.1 Å². The zero-order valence-electron chi connectivity index (χ0n) is 13.6. The van der Waals surface area contributed by atoms with Crippen molar-refractivity contribution in [2.45, 2.75) is 16.3 Å². The van der Waals surface area contributed by atoms with E-state index < -0.39 is 17.9 Å². The number of rotatable bonds is 6. The summed E-state index contributed by atoms with van der Waals surface area (Å²) in [4.78, 5) is 38.2. The van der Waals surface area contributed by atoms with E-state index in [2.05, 4.69) is 27.9 Å². The molecule has 2 N–H and O–H groups in total. The predicted molar refractivity (Wildman–Crippen MR) is 116 cm³/mol. The van der Waals surface area contributed by atoms with Gasteiger partial charge in [-0.05, 0) is 23.8 Å². The summed E-state index contributed by atoms with van der Waals surface area (Å²) in [6, 6.07) is 4.27. The average molecular weight is 559 g/mol. The van der Waals surface area contributed by atoms with Crippen LogP contribution in [0, 0.1) is 0 Å². The lowest BCUT2D eigenvalue weighted by Crippen LogP contribution is -2.70. The van der Waals surface area contributed by atoms with Crippen molar-refractivity contribution < 1.29 is 19.5 Å². The summed E-state index contributed by atoms with van der Waals surface area (Å²) in [6.07, 6.45) is 0. The summed E-state index contributed by atoms with van der Waals surface area (Å²) in [5.41, 5.74) is 0.761. The quantitative estimate of drug-likeness (QED) is 0.241. The number of fused-ring (bicyclic) bond motifs is 1. The Labute approximate surface area is 187 Å². The van der Waals surface area contributed by atoms with Crippen LogP contribution in [0.25, 0.3) is 0 Å². The van der Waals surface area contributed by atoms with Crippen LogP contribution in [0.1, 0.15) is 0 Å². The fraction of sp³-hybridized carbons (Fsp3) is 0.312. The molecule has 2 heterocycles. The van der Waals surface area contributed by atoms with Crippen molar-refractivity contribution >= 4 is 87.1 Å². The van der Waals surface area contributed by atoms with Gasteiger partial charge in [-0.3, -0.25) is 14.5 Å². The number of thioether (sulfide) groups is 2. The van der Waals surface area contributed by atoms with Crippen LogP contribution in [-0.2, 0) is 14.4 Å². The third kappa shape index (κ3) is 4.36. The number of nitrogens with zero attached hydrogens (tertiary/aromatic N) is 1. The first kappa shape index (κ1) is 21.1. The smallest absolute Gasteiger partial charge is 0.352 e. The Morgan fingerprint density at radius 3 is 2.81 bits per heavy atom. The molecule has 3 rings (SSSR count). The lowest BCUT2D eigenvalue weighted by molar-refractivity contribution is -0.150. The molecule has 1 aromatic rings. The maximum absolute atomic E-state index is 12.4.